The summed E-state index contributed by atoms with van der Waals surface area (Å²) in [4.78, 5) is 2.13. The van der Waals surface area contributed by atoms with Crippen LogP contribution in [-0.2, 0) is 0 Å². The molecule has 62 valence electrons. The van der Waals surface area contributed by atoms with E-state index >= 15 is 0 Å². The summed E-state index contributed by atoms with van der Waals surface area (Å²) in [7, 11) is 4.11. The van der Waals surface area contributed by atoms with Gasteiger partial charge >= 0.3 is 0 Å². The molecule has 0 amide bonds. The third-order valence-corrected chi connectivity index (χ3v) is 1.35. The minimum Gasteiger partial charge on any atom is -0.308 e. The molecule has 0 unspecified atom stereocenters. The van der Waals surface area contributed by atoms with Crippen molar-refractivity contribution in [3.05, 3.63) is 0 Å². The van der Waals surface area contributed by atoms with Crippen LogP contribution in [0.5, 0.6) is 0 Å². The van der Waals surface area contributed by atoms with Gasteiger partial charge in [0.25, 0.3) is 0 Å². The number of nitrogens with two attached hydrogens (primary N) is 1. The molecule has 0 heterocycles. The van der Waals surface area contributed by atoms with Gasteiger partial charge in [0.2, 0.25) is 0 Å². The normalized spacial score (nSPS) is 11.4. The summed E-state index contributed by atoms with van der Waals surface area (Å²) in [5.41, 5.74) is 0. The zero-order valence-corrected chi connectivity index (χ0v) is 7.30. The van der Waals surface area contributed by atoms with Gasteiger partial charge in [-0.05, 0) is 20.5 Å². The van der Waals surface area contributed by atoms with Crippen LogP contribution in [-0.4, -0.2) is 43.6 Å². The summed E-state index contributed by atoms with van der Waals surface area (Å²) in [5.74, 6) is 5.64. The summed E-state index contributed by atoms with van der Waals surface area (Å²) in [6.45, 7) is 5.13. The quantitative estimate of drug-likeness (QED) is 0.441. The highest BCUT2D eigenvalue weighted by Gasteiger charge is 1.96. The molecule has 0 aliphatic heterocycles. The second-order valence-corrected chi connectivity index (χ2v) is 2.84. The largest absolute Gasteiger partial charge is 0.308 e. The van der Waals surface area contributed by atoms with Crippen molar-refractivity contribution in [2.24, 2.45) is 5.84 Å². The lowest BCUT2D eigenvalue weighted by molar-refractivity contribution is 0.247. The van der Waals surface area contributed by atoms with Crippen LogP contribution in [0.3, 0.4) is 0 Å². The molecule has 2 N–H and O–H groups in total. The Morgan fingerprint density at radius 1 is 1.10 bits per heavy atom. The van der Waals surface area contributed by atoms with E-state index in [1.165, 1.54) is 0 Å². The van der Waals surface area contributed by atoms with E-state index in [0.29, 0.717) is 0 Å². The van der Waals surface area contributed by atoms with Gasteiger partial charge < -0.3 is 4.90 Å². The number of hydrogen-bond acceptors (Lipinski definition) is 3. The van der Waals surface area contributed by atoms with Gasteiger partial charge in [0.1, 0.15) is 0 Å². The summed E-state index contributed by atoms with van der Waals surface area (Å²) >= 11 is 0. The van der Waals surface area contributed by atoms with Gasteiger partial charge in [-0.1, -0.05) is 6.92 Å². The molecule has 0 atom stereocenters. The molecule has 0 fully saturated rings. The predicted molar refractivity (Wildman–Crippen MR) is 44.6 cm³/mol. The van der Waals surface area contributed by atoms with Gasteiger partial charge in [-0.25, -0.2) is 5.01 Å². The van der Waals surface area contributed by atoms with Crippen LogP contribution in [0.4, 0.5) is 0 Å². The van der Waals surface area contributed by atoms with Gasteiger partial charge in [-0.15, -0.1) is 0 Å². The topological polar surface area (TPSA) is 32.5 Å². The molecule has 0 rings (SSSR count). The van der Waals surface area contributed by atoms with Gasteiger partial charge in [-0.2, -0.15) is 0 Å². The first-order valence-electron chi connectivity index (χ1n) is 3.81. The Kier molecular flexibility index (Phi) is 5.58. The number of likely N-dealkylation sites (N-methyl/N-ethyl adjacent to an activating group) is 1. The van der Waals surface area contributed by atoms with Crippen molar-refractivity contribution in [1.29, 1.82) is 0 Å². The Labute approximate surface area is 63.8 Å². The molecule has 3 heteroatoms. The predicted octanol–water partition coefficient (Wildman–Crippen LogP) is 0.134. The molecule has 0 aliphatic rings. The van der Waals surface area contributed by atoms with Gasteiger partial charge in [0.15, 0.2) is 0 Å². The molecule has 3 nitrogen and oxygen atoms in total. The molecular formula is C7H19N3. The van der Waals surface area contributed by atoms with E-state index in [9.17, 15) is 0 Å². The van der Waals surface area contributed by atoms with Crippen molar-refractivity contribution in [2.45, 2.75) is 13.3 Å². The molecular weight excluding hydrogens is 126 g/mol. The second-order valence-electron chi connectivity index (χ2n) is 2.84. The molecule has 0 aromatic carbocycles. The summed E-state index contributed by atoms with van der Waals surface area (Å²) < 4.78 is 0. The molecule has 0 bridgehead atoms. The third-order valence-electron chi connectivity index (χ3n) is 1.35. The fraction of sp³-hybridized carbons (Fsp3) is 1.00. The van der Waals surface area contributed by atoms with Gasteiger partial charge in [0, 0.05) is 19.6 Å². The Bertz CT molecular complexity index is 73.3. The highest BCUT2D eigenvalue weighted by Crippen LogP contribution is 1.82. The number of hydrazine groups is 1. The molecule has 0 radical (unpaired) electrons. The fourth-order valence-electron chi connectivity index (χ4n) is 0.727. The monoisotopic (exact) mass is 145 g/mol. The average molecular weight is 145 g/mol. The molecule has 0 aromatic rings. The van der Waals surface area contributed by atoms with E-state index in [-0.39, 0.29) is 0 Å². The van der Waals surface area contributed by atoms with Crippen LogP contribution in [0.25, 0.3) is 0 Å². The minimum atomic E-state index is 0.959. The second kappa shape index (κ2) is 5.65. The van der Waals surface area contributed by atoms with Crippen LogP contribution in [0.1, 0.15) is 13.3 Å². The lowest BCUT2D eigenvalue weighted by Gasteiger charge is -2.17. The van der Waals surface area contributed by atoms with Crippen molar-refractivity contribution in [3.8, 4) is 0 Å². The lowest BCUT2D eigenvalue weighted by Crippen LogP contribution is -2.37. The fourth-order valence-corrected chi connectivity index (χ4v) is 0.727. The molecule has 0 aromatic heterocycles. The Morgan fingerprint density at radius 3 is 2.10 bits per heavy atom. The Hall–Kier alpha value is -0.120. The standard InChI is InChI=1S/C7H19N3/c1-4-5-10(8)7-6-9(2)3/h4-8H2,1-3H3. The first kappa shape index (κ1) is 9.88. The zero-order valence-electron chi connectivity index (χ0n) is 7.30. The summed E-state index contributed by atoms with van der Waals surface area (Å²) in [5, 5.41) is 1.86. The first-order chi connectivity index (χ1) is 4.66. The van der Waals surface area contributed by atoms with Gasteiger partial charge in [0.05, 0.1) is 0 Å². The molecule has 0 saturated carbocycles. The van der Waals surface area contributed by atoms with Crippen molar-refractivity contribution in [1.82, 2.24) is 9.91 Å². The van der Waals surface area contributed by atoms with Gasteiger partial charge in [-0.3, -0.25) is 5.84 Å². The smallest absolute Gasteiger partial charge is 0.0256 e. The zero-order chi connectivity index (χ0) is 7.98. The first-order valence-corrected chi connectivity index (χ1v) is 3.81. The summed E-state index contributed by atoms with van der Waals surface area (Å²) in [6.07, 6.45) is 1.13. The Balaban J connectivity index is 3.12. The average Bonchev–Trinajstić information content (AvgIpc) is 1.85. The maximum Gasteiger partial charge on any atom is 0.0256 e. The van der Waals surface area contributed by atoms with E-state index in [2.05, 4.69) is 25.9 Å². The third kappa shape index (κ3) is 6.01. The maximum atomic E-state index is 5.64. The van der Waals surface area contributed by atoms with Crippen LogP contribution >= 0.6 is 0 Å². The Morgan fingerprint density at radius 2 is 1.70 bits per heavy atom. The van der Waals surface area contributed by atoms with Crippen molar-refractivity contribution >= 4 is 0 Å². The van der Waals surface area contributed by atoms with Crippen LogP contribution < -0.4 is 5.84 Å². The van der Waals surface area contributed by atoms with Crippen molar-refractivity contribution in [3.63, 3.8) is 0 Å². The maximum absolute atomic E-state index is 5.64. The van der Waals surface area contributed by atoms with E-state index in [1.54, 1.807) is 0 Å². The van der Waals surface area contributed by atoms with E-state index in [4.69, 9.17) is 5.84 Å². The van der Waals surface area contributed by atoms with Crippen LogP contribution in [0.2, 0.25) is 0 Å². The number of nitrogens with zero attached hydrogens (tertiary/aromatic N) is 2. The lowest BCUT2D eigenvalue weighted by atomic mass is 10.4. The molecule has 0 saturated heterocycles. The highest BCUT2D eigenvalue weighted by atomic mass is 15.4. The van der Waals surface area contributed by atoms with Crippen LogP contribution in [0.15, 0.2) is 0 Å². The van der Waals surface area contributed by atoms with Crippen molar-refractivity contribution in [2.75, 3.05) is 33.7 Å². The molecule has 10 heavy (non-hydrogen) atoms. The van der Waals surface area contributed by atoms with E-state index in [1.807, 2.05) is 5.01 Å². The van der Waals surface area contributed by atoms with E-state index < -0.39 is 0 Å². The van der Waals surface area contributed by atoms with E-state index in [0.717, 1.165) is 26.1 Å². The van der Waals surface area contributed by atoms with Crippen LogP contribution in [0, 0.1) is 0 Å². The minimum absolute atomic E-state index is 0.959. The molecule has 0 aliphatic carbocycles. The molecule has 0 spiro atoms. The number of rotatable bonds is 5. The van der Waals surface area contributed by atoms with Crippen molar-refractivity contribution < 1.29 is 0 Å². The summed E-state index contributed by atoms with van der Waals surface area (Å²) in [6, 6.07) is 0. The number of hydrogen-bond donors (Lipinski definition) is 1. The highest BCUT2D eigenvalue weighted by molar-refractivity contribution is 4.49. The SMILES string of the molecule is CCCN(N)CCN(C)C.